The van der Waals surface area contributed by atoms with E-state index in [1.807, 2.05) is 4.90 Å². The number of likely N-dealkylation sites (tertiary alicyclic amines) is 1. The molecule has 3 N–H and O–H groups in total. The number of nitrogens with one attached hydrogen (secondary N) is 1. The number of hydrogen-bond acceptors (Lipinski definition) is 3. The second-order valence-corrected chi connectivity index (χ2v) is 5.43. The van der Waals surface area contributed by atoms with E-state index in [-0.39, 0.29) is 5.91 Å². The van der Waals surface area contributed by atoms with Crippen molar-refractivity contribution in [3.63, 3.8) is 0 Å². The quantitative estimate of drug-likeness (QED) is 0.841. The molecule has 104 valence electrons. The summed E-state index contributed by atoms with van der Waals surface area (Å²) in [5.41, 5.74) is 7.07. The Hall–Kier alpha value is -1.13. The molecule has 1 aromatic carbocycles. The first-order valence-corrected chi connectivity index (χ1v) is 7.09. The summed E-state index contributed by atoms with van der Waals surface area (Å²) in [6.45, 7) is 2.30. The van der Waals surface area contributed by atoms with Gasteiger partial charge in [0.05, 0.1) is 21.4 Å². The van der Waals surface area contributed by atoms with Crippen molar-refractivity contribution in [1.82, 2.24) is 4.90 Å². The van der Waals surface area contributed by atoms with E-state index in [9.17, 15) is 4.79 Å². The minimum atomic E-state index is 0.184. The van der Waals surface area contributed by atoms with Crippen molar-refractivity contribution in [2.24, 2.45) is 0 Å². The van der Waals surface area contributed by atoms with Crippen molar-refractivity contribution < 1.29 is 4.79 Å². The van der Waals surface area contributed by atoms with Gasteiger partial charge in [0, 0.05) is 26.1 Å². The number of anilines is 2. The third-order valence-corrected chi connectivity index (χ3v) is 3.93. The molecule has 2 rings (SSSR count). The summed E-state index contributed by atoms with van der Waals surface area (Å²) in [6, 6.07) is 3.29. The predicted molar refractivity (Wildman–Crippen MR) is 79.8 cm³/mol. The Morgan fingerprint density at radius 2 is 1.89 bits per heavy atom. The number of carbonyl (C=O) groups is 1. The van der Waals surface area contributed by atoms with E-state index < -0.39 is 0 Å². The zero-order valence-electron chi connectivity index (χ0n) is 10.6. The van der Waals surface area contributed by atoms with Crippen LogP contribution < -0.4 is 11.1 Å². The van der Waals surface area contributed by atoms with Crippen LogP contribution in [0.15, 0.2) is 12.1 Å². The van der Waals surface area contributed by atoms with Gasteiger partial charge in [0.2, 0.25) is 5.91 Å². The summed E-state index contributed by atoms with van der Waals surface area (Å²) in [5, 5.41) is 4.00. The summed E-state index contributed by atoms with van der Waals surface area (Å²) in [4.78, 5) is 13.8. The van der Waals surface area contributed by atoms with E-state index in [1.54, 1.807) is 12.1 Å². The molecule has 1 saturated heterocycles. The third kappa shape index (κ3) is 3.67. The fourth-order valence-electron chi connectivity index (χ4n) is 2.14. The molecule has 0 atom stereocenters. The Bertz CT molecular complexity index is 473. The number of halogens is 2. The highest BCUT2D eigenvalue weighted by Crippen LogP contribution is 2.30. The maximum atomic E-state index is 11.8. The monoisotopic (exact) mass is 301 g/mol. The van der Waals surface area contributed by atoms with Crippen LogP contribution in [0.2, 0.25) is 10.0 Å². The molecular weight excluding hydrogens is 285 g/mol. The van der Waals surface area contributed by atoms with Gasteiger partial charge in [-0.25, -0.2) is 0 Å². The molecular formula is C13H17Cl2N3O. The zero-order valence-corrected chi connectivity index (χ0v) is 12.1. The highest BCUT2D eigenvalue weighted by atomic mass is 35.5. The van der Waals surface area contributed by atoms with E-state index in [4.69, 9.17) is 28.9 Å². The molecule has 0 spiro atoms. The van der Waals surface area contributed by atoms with Gasteiger partial charge in [0.15, 0.2) is 0 Å². The molecule has 1 aliphatic rings. The number of nitrogens with zero attached hydrogens (tertiary/aromatic N) is 1. The minimum absolute atomic E-state index is 0.184. The number of rotatable bonds is 4. The fourth-order valence-corrected chi connectivity index (χ4v) is 2.48. The summed E-state index contributed by atoms with van der Waals surface area (Å²) in [7, 11) is 0. The second kappa shape index (κ2) is 6.35. The van der Waals surface area contributed by atoms with Gasteiger partial charge in [-0.15, -0.1) is 0 Å². The zero-order chi connectivity index (χ0) is 13.8. The first-order chi connectivity index (χ1) is 9.08. The van der Waals surface area contributed by atoms with Gasteiger partial charge in [0.1, 0.15) is 0 Å². The van der Waals surface area contributed by atoms with E-state index in [1.165, 1.54) is 0 Å². The number of nitrogens with two attached hydrogens (primary N) is 1. The van der Waals surface area contributed by atoms with Crippen LogP contribution in [0.4, 0.5) is 11.4 Å². The molecule has 4 nitrogen and oxygen atoms in total. The highest BCUT2D eigenvalue weighted by Gasteiger charge is 2.17. The Morgan fingerprint density at radius 1 is 1.26 bits per heavy atom. The molecule has 0 bridgehead atoms. The lowest BCUT2D eigenvalue weighted by Crippen LogP contribution is -2.29. The molecule has 0 unspecified atom stereocenters. The molecule has 0 aromatic heterocycles. The number of carbonyl (C=O) groups excluding carboxylic acids is 1. The Labute approximate surface area is 122 Å². The number of hydrogen-bond donors (Lipinski definition) is 2. The van der Waals surface area contributed by atoms with Crippen molar-refractivity contribution in [3.8, 4) is 0 Å². The van der Waals surface area contributed by atoms with E-state index >= 15 is 0 Å². The molecule has 1 fully saturated rings. The van der Waals surface area contributed by atoms with Gasteiger partial charge in [-0.05, 0) is 25.0 Å². The third-order valence-electron chi connectivity index (χ3n) is 3.21. The van der Waals surface area contributed by atoms with Gasteiger partial charge in [-0.2, -0.15) is 0 Å². The lowest BCUT2D eigenvalue weighted by Gasteiger charge is -2.16. The highest BCUT2D eigenvalue weighted by molar-refractivity contribution is 6.42. The van der Waals surface area contributed by atoms with Crippen molar-refractivity contribution in [2.45, 2.75) is 19.3 Å². The van der Waals surface area contributed by atoms with Gasteiger partial charge < -0.3 is 16.0 Å². The van der Waals surface area contributed by atoms with Crippen molar-refractivity contribution >= 4 is 40.5 Å². The Kier molecular flexibility index (Phi) is 4.77. The topological polar surface area (TPSA) is 58.4 Å². The first-order valence-electron chi connectivity index (χ1n) is 6.34. The normalized spacial score (nSPS) is 14.7. The maximum absolute atomic E-state index is 11.8. The number of nitrogen functional groups attached to an aromatic ring is 1. The molecule has 0 radical (unpaired) electrons. The van der Waals surface area contributed by atoms with Crippen molar-refractivity contribution in [1.29, 1.82) is 0 Å². The van der Waals surface area contributed by atoms with Gasteiger partial charge in [0.25, 0.3) is 0 Å². The number of benzene rings is 1. The van der Waals surface area contributed by atoms with E-state index in [0.29, 0.717) is 34.4 Å². The standard InChI is InChI=1S/C13H17Cl2N3O/c14-9-7-11(16)12(8-10(9)15)17-4-3-13(19)18-5-1-2-6-18/h7-8,17H,1-6,16H2. The fraction of sp³-hybridized carbons (Fsp3) is 0.462. The van der Waals surface area contributed by atoms with Crippen LogP contribution in [0.5, 0.6) is 0 Å². The lowest BCUT2D eigenvalue weighted by atomic mass is 10.2. The Morgan fingerprint density at radius 3 is 2.58 bits per heavy atom. The van der Waals surface area contributed by atoms with Crippen LogP contribution in [-0.2, 0) is 4.79 Å². The van der Waals surface area contributed by atoms with Crippen LogP contribution in [-0.4, -0.2) is 30.4 Å². The van der Waals surface area contributed by atoms with Gasteiger partial charge >= 0.3 is 0 Å². The number of amides is 1. The average molecular weight is 302 g/mol. The molecule has 1 heterocycles. The maximum Gasteiger partial charge on any atom is 0.224 e. The van der Waals surface area contributed by atoms with E-state index in [0.717, 1.165) is 25.9 Å². The SMILES string of the molecule is Nc1cc(Cl)c(Cl)cc1NCCC(=O)N1CCCC1. The molecule has 1 aromatic rings. The largest absolute Gasteiger partial charge is 0.397 e. The summed E-state index contributed by atoms with van der Waals surface area (Å²) >= 11 is 11.8. The summed E-state index contributed by atoms with van der Waals surface area (Å²) < 4.78 is 0. The molecule has 1 aliphatic heterocycles. The van der Waals surface area contributed by atoms with Crippen LogP contribution in [0.3, 0.4) is 0 Å². The molecule has 0 aliphatic carbocycles. The van der Waals surface area contributed by atoms with Crippen LogP contribution >= 0.6 is 23.2 Å². The molecule has 1 amide bonds. The van der Waals surface area contributed by atoms with Crippen molar-refractivity contribution in [2.75, 3.05) is 30.7 Å². The second-order valence-electron chi connectivity index (χ2n) is 4.62. The first kappa shape index (κ1) is 14.3. The minimum Gasteiger partial charge on any atom is -0.397 e. The molecule has 0 saturated carbocycles. The van der Waals surface area contributed by atoms with Crippen LogP contribution in [0.1, 0.15) is 19.3 Å². The van der Waals surface area contributed by atoms with Gasteiger partial charge in [-0.3, -0.25) is 4.79 Å². The Balaban J connectivity index is 1.85. The average Bonchev–Trinajstić information content (AvgIpc) is 2.89. The summed E-state index contributed by atoms with van der Waals surface area (Å²) in [5.74, 6) is 0.184. The van der Waals surface area contributed by atoms with Crippen LogP contribution in [0.25, 0.3) is 0 Å². The smallest absolute Gasteiger partial charge is 0.224 e. The molecule has 6 heteroatoms. The summed E-state index contributed by atoms with van der Waals surface area (Å²) in [6.07, 6.45) is 2.68. The molecule has 19 heavy (non-hydrogen) atoms. The van der Waals surface area contributed by atoms with Crippen molar-refractivity contribution in [3.05, 3.63) is 22.2 Å². The van der Waals surface area contributed by atoms with E-state index in [2.05, 4.69) is 5.32 Å². The van der Waals surface area contributed by atoms with Gasteiger partial charge in [-0.1, -0.05) is 23.2 Å². The lowest BCUT2D eigenvalue weighted by molar-refractivity contribution is -0.129. The van der Waals surface area contributed by atoms with Crippen LogP contribution in [0, 0.1) is 0 Å². The predicted octanol–water partition coefficient (Wildman–Crippen LogP) is 3.00.